The monoisotopic (exact) mass is 248 g/mol. The summed E-state index contributed by atoms with van der Waals surface area (Å²) in [4.78, 5) is 12.0. The van der Waals surface area contributed by atoms with Gasteiger partial charge in [-0.25, -0.2) is 0 Å². The Morgan fingerprint density at radius 3 is 3.00 bits per heavy atom. The summed E-state index contributed by atoms with van der Waals surface area (Å²) in [6.45, 7) is 4.13. The molecule has 0 spiro atoms. The van der Waals surface area contributed by atoms with Crippen LogP contribution in [-0.2, 0) is 0 Å². The van der Waals surface area contributed by atoms with Crippen LogP contribution in [0.15, 0.2) is 16.7 Å². The second-order valence-electron chi connectivity index (χ2n) is 5.61. The zero-order chi connectivity index (χ0) is 12.5. The Morgan fingerprint density at radius 1 is 1.39 bits per heavy atom. The van der Waals surface area contributed by atoms with E-state index in [1.54, 1.807) is 6.07 Å². The van der Waals surface area contributed by atoms with E-state index < -0.39 is 0 Å². The molecule has 2 aliphatic rings. The van der Waals surface area contributed by atoms with Crippen LogP contribution in [0.1, 0.15) is 35.4 Å². The maximum Gasteiger partial charge on any atom is 0.254 e. The SMILES string of the molecule is Cc1cc(C(=O)NC2CC[C@H]3CNC[C@H]3C2)co1. The topological polar surface area (TPSA) is 54.3 Å². The van der Waals surface area contributed by atoms with E-state index in [0.717, 1.165) is 43.5 Å². The van der Waals surface area contributed by atoms with Crippen molar-refractivity contribution in [2.45, 2.75) is 32.2 Å². The van der Waals surface area contributed by atoms with Crippen molar-refractivity contribution >= 4 is 5.91 Å². The van der Waals surface area contributed by atoms with Crippen molar-refractivity contribution in [3.8, 4) is 0 Å². The fourth-order valence-electron chi connectivity index (χ4n) is 3.26. The van der Waals surface area contributed by atoms with Crippen LogP contribution in [-0.4, -0.2) is 25.0 Å². The average molecular weight is 248 g/mol. The molecule has 1 saturated carbocycles. The van der Waals surface area contributed by atoms with Gasteiger partial charge in [0.1, 0.15) is 12.0 Å². The molecule has 1 unspecified atom stereocenters. The number of hydrogen-bond acceptors (Lipinski definition) is 3. The number of carbonyl (C=O) groups is 1. The van der Waals surface area contributed by atoms with Gasteiger partial charge in [0.15, 0.2) is 0 Å². The summed E-state index contributed by atoms with van der Waals surface area (Å²) in [5.41, 5.74) is 0.638. The Kier molecular flexibility index (Phi) is 3.12. The first-order valence-corrected chi connectivity index (χ1v) is 6.79. The van der Waals surface area contributed by atoms with Crippen molar-refractivity contribution in [2.75, 3.05) is 13.1 Å². The molecule has 1 saturated heterocycles. The zero-order valence-corrected chi connectivity index (χ0v) is 10.7. The van der Waals surface area contributed by atoms with Crippen molar-refractivity contribution in [1.82, 2.24) is 10.6 Å². The summed E-state index contributed by atoms with van der Waals surface area (Å²) in [5.74, 6) is 2.36. The third-order valence-corrected chi connectivity index (χ3v) is 4.28. The molecule has 1 aromatic heterocycles. The molecular formula is C14H20N2O2. The summed E-state index contributed by atoms with van der Waals surface area (Å²) in [6.07, 6.45) is 4.98. The van der Waals surface area contributed by atoms with Crippen LogP contribution in [0.4, 0.5) is 0 Å². The quantitative estimate of drug-likeness (QED) is 0.837. The minimum Gasteiger partial charge on any atom is -0.469 e. The van der Waals surface area contributed by atoms with Crippen LogP contribution >= 0.6 is 0 Å². The van der Waals surface area contributed by atoms with Gasteiger partial charge < -0.3 is 15.1 Å². The zero-order valence-electron chi connectivity index (χ0n) is 10.7. The standard InChI is InChI=1S/C14H20N2O2/c1-9-4-12(8-18-9)14(17)16-13-3-2-10-6-15-7-11(10)5-13/h4,8,10-11,13,15H,2-3,5-7H2,1H3,(H,16,17)/t10-,11+,13?/m0/s1. The van der Waals surface area contributed by atoms with E-state index in [4.69, 9.17) is 4.42 Å². The highest BCUT2D eigenvalue weighted by molar-refractivity contribution is 5.94. The largest absolute Gasteiger partial charge is 0.469 e. The Hall–Kier alpha value is -1.29. The number of nitrogens with one attached hydrogen (secondary N) is 2. The average Bonchev–Trinajstić information content (AvgIpc) is 2.96. The molecule has 3 rings (SSSR count). The molecule has 4 heteroatoms. The number of fused-ring (bicyclic) bond motifs is 1. The molecule has 2 fully saturated rings. The summed E-state index contributed by atoms with van der Waals surface area (Å²) in [5, 5.41) is 6.58. The van der Waals surface area contributed by atoms with Crippen LogP contribution in [0.25, 0.3) is 0 Å². The molecular weight excluding hydrogens is 228 g/mol. The van der Waals surface area contributed by atoms with Gasteiger partial charge in [-0.15, -0.1) is 0 Å². The van der Waals surface area contributed by atoms with Crippen LogP contribution in [0, 0.1) is 18.8 Å². The lowest BCUT2D eigenvalue weighted by molar-refractivity contribution is 0.0913. The lowest BCUT2D eigenvalue weighted by atomic mass is 9.79. The fourth-order valence-corrected chi connectivity index (χ4v) is 3.26. The second kappa shape index (κ2) is 4.76. The van der Waals surface area contributed by atoms with Gasteiger partial charge in [0.25, 0.3) is 5.91 Å². The predicted molar refractivity (Wildman–Crippen MR) is 68.4 cm³/mol. The number of carbonyl (C=O) groups excluding carboxylic acids is 1. The number of furan rings is 1. The predicted octanol–water partition coefficient (Wildman–Crippen LogP) is 1.71. The third-order valence-electron chi connectivity index (χ3n) is 4.28. The molecule has 1 aliphatic carbocycles. The van der Waals surface area contributed by atoms with Crippen LogP contribution in [0.5, 0.6) is 0 Å². The number of rotatable bonds is 2. The lowest BCUT2D eigenvalue weighted by Crippen LogP contribution is -2.40. The van der Waals surface area contributed by atoms with E-state index in [1.165, 1.54) is 12.7 Å². The van der Waals surface area contributed by atoms with Gasteiger partial charge in [-0.2, -0.15) is 0 Å². The molecule has 2 heterocycles. The van der Waals surface area contributed by atoms with Crippen LogP contribution < -0.4 is 10.6 Å². The maximum atomic E-state index is 12.0. The van der Waals surface area contributed by atoms with Gasteiger partial charge >= 0.3 is 0 Å². The first kappa shape index (κ1) is 11.8. The highest BCUT2D eigenvalue weighted by Gasteiger charge is 2.34. The summed E-state index contributed by atoms with van der Waals surface area (Å²) < 4.78 is 5.17. The lowest BCUT2D eigenvalue weighted by Gasteiger charge is -2.31. The fraction of sp³-hybridized carbons (Fsp3) is 0.643. The summed E-state index contributed by atoms with van der Waals surface area (Å²) in [7, 11) is 0. The highest BCUT2D eigenvalue weighted by Crippen LogP contribution is 2.32. The molecule has 4 nitrogen and oxygen atoms in total. The van der Waals surface area contributed by atoms with Gasteiger partial charge in [0.05, 0.1) is 5.56 Å². The van der Waals surface area contributed by atoms with Gasteiger partial charge in [-0.3, -0.25) is 4.79 Å². The second-order valence-corrected chi connectivity index (χ2v) is 5.61. The molecule has 0 radical (unpaired) electrons. The van der Waals surface area contributed by atoms with E-state index >= 15 is 0 Å². The maximum absolute atomic E-state index is 12.0. The van der Waals surface area contributed by atoms with Gasteiger partial charge in [0, 0.05) is 6.04 Å². The molecule has 1 amide bonds. The van der Waals surface area contributed by atoms with E-state index in [9.17, 15) is 4.79 Å². The molecule has 98 valence electrons. The Bertz CT molecular complexity index is 441. The van der Waals surface area contributed by atoms with Crippen molar-refractivity contribution < 1.29 is 9.21 Å². The summed E-state index contributed by atoms with van der Waals surface area (Å²) >= 11 is 0. The van der Waals surface area contributed by atoms with Gasteiger partial charge in [0.2, 0.25) is 0 Å². The minimum absolute atomic E-state index is 0.00116. The van der Waals surface area contributed by atoms with Crippen molar-refractivity contribution in [1.29, 1.82) is 0 Å². The summed E-state index contributed by atoms with van der Waals surface area (Å²) in [6, 6.07) is 2.12. The number of amides is 1. The van der Waals surface area contributed by atoms with Crippen molar-refractivity contribution in [3.63, 3.8) is 0 Å². The highest BCUT2D eigenvalue weighted by atomic mass is 16.3. The number of hydrogen-bond donors (Lipinski definition) is 2. The Morgan fingerprint density at radius 2 is 2.22 bits per heavy atom. The van der Waals surface area contributed by atoms with E-state index in [-0.39, 0.29) is 5.91 Å². The van der Waals surface area contributed by atoms with E-state index in [2.05, 4.69) is 10.6 Å². The smallest absolute Gasteiger partial charge is 0.254 e. The molecule has 3 atom stereocenters. The van der Waals surface area contributed by atoms with E-state index in [0.29, 0.717) is 11.6 Å². The molecule has 18 heavy (non-hydrogen) atoms. The Labute approximate surface area is 107 Å². The number of aryl methyl sites for hydroxylation is 1. The normalized spacial score (nSPS) is 31.1. The van der Waals surface area contributed by atoms with Gasteiger partial charge in [-0.05, 0) is 57.2 Å². The van der Waals surface area contributed by atoms with Crippen LogP contribution in [0.3, 0.4) is 0 Å². The van der Waals surface area contributed by atoms with E-state index in [1.807, 2.05) is 6.92 Å². The Balaban J connectivity index is 1.58. The van der Waals surface area contributed by atoms with Crippen molar-refractivity contribution in [3.05, 3.63) is 23.7 Å². The first-order chi connectivity index (χ1) is 8.72. The molecule has 1 aromatic rings. The van der Waals surface area contributed by atoms with Crippen LogP contribution in [0.2, 0.25) is 0 Å². The van der Waals surface area contributed by atoms with Crippen molar-refractivity contribution in [2.24, 2.45) is 11.8 Å². The molecule has 0 aromatic carbocycles. The van der Waals surface area contributed by atoms with Gasteiger partial charge in [-0.1, -0.05) is 0 Å². The molecule has 1 aliphatic heterocycles. The third kappa shape index (κ3) is 2.29. The molecule has 2 N–H and O–H groups in total. The molecule has 0 bridgehead atoms. The minimum atomic E-state index is 0.00116. The first-order valence-electron chi connectivity index (χ1n) is 6.79.